The van der Waals surface area contributed by atoms with Crippen LogP contribution in [0.25, 0.3) is 10.2 Å². The Labute approximate surface area is 125 Å². The molecule has 1 N–H and O–H groups in total. The molecule has 0 fully saturated rings. The van der Waals surface area contributed by atoms with Gasteiger partial charge in [0, 0.05) is 12.3 Å². The highest BCUT2D eigenvalue weighted by atomic mass is 32.2. The van der Waals surface area contributed by atoms with Crippen LogP contribution in [0, 0.1) is 0 Å². The zero-order valence-corrected chi connectivity index (χ0v) is 12.1. The van der Waals surface area contributed by atoms with Crippen molar-refractivity contribution in [1.82, 2.24) is 15.3 Å². The fourth-order valence-corrected chi connectivity index (χ4v) is 3.17. The number of hydrogen-bond acceptors (Lipinski definition) is 6. The second-order valence-electron chi connectivity index (χ2n) is 3.78. The Bertz CT molecular complexity index is 618. The SMILES string of the molecule is O=C(NCCSc1ncnc2ccsc12)OCC(F)(F)F. The Hall–Kier alpha value is -1.55. The first-order valence-corrected chi connectivity index (χ1v) is 7.60. The molecule has 0 aliphatic carbocycles. The molecule has 2 heterocycles. The molecule has 0 radical (unpaired) electrons. The summed E-state index contributed by atoms with van der Waals surface area (Å²) in [6, 6.07) is 1.87. The Kier molecular flexibility index (Phi) is 5.23. The molecule has 5 nitrogen and oxygen atoms in total. The fraction of sp³-hybridized carbons (Fsp3) is 0.364. The Morgan fingerprint density at radius 2 is 2.24 bits per heavy atom. The van der Waals surface area contributed by atoms with Crippen LogP contribution in [0.2, 0.25) is 0 Å². The molecule has 114 valence electrons. The van der Waals surface area contributed by atoms with E-state index in [4.69, 9.17) is 0 Å². The first-order chi connectivity index (χ1) is 9.96. The fourth-order valence-electron chi connectivity index (χ4n) is 1.37. The lowest BCUT2D eigenvalue weighted by atomic mass is 10.5. The van der Waals surface area contributed by atoms with E-state index in [1.165, 1.54) is 29.4 Å². The molecule has 0 aliphatic rings. The van der Waals surface area contributed by atoms with E-state index in [0.29, 0.717) is 5.75 Å². The first kappa shape index (κ1) is 15.8. The van der Waals surface area contributed by atoms with Crippen LogP contribution in [0.5, 0.6) is 0 Å². The molecule has 0 spiro atoms. The van der Waals surface area contributed by atoms with Crippen LogP contribution < -0.4 is 5.32 Å². The van der Waals surface area contributed by atoms with Gasteiger partial charge in [-0.3, -0.25) is 0 Å². The van der Waals surface area contributed by atoms with Crippen molar-refractivity contribution in [1.29, 1.82) is 0 Å². The van der Waals surface area contributed by atoms with E-state index in [9.17, 15) is 18.0 Å². The van der Waals surface area contributed by atoms with Crippen molar-refractivity contribution in [2.75, 3.05) is 18.9 Å². The second kappa shape index (κ2) is 6.94. The van der Waals surface area contributed by atoms with Crippen LogP contribution in [0.1, 0.15) is 0 Å². The molecule has 0 unspecified atom stereocenters. The van der Waals surface area contributed by atoms with Gasteiger partial charge in [-0.2, -0.15) is 13.2 Å². The maximum Gasteiger partial charge on any atom is 0.422 e. The monoisotopic (exact) mass is 337 g/mol. The highest BCUT2D eigenvalue weighted by Gasteiger charge is 2.29. The van der Waals surface area contributed by atoms with E-state index >= 15 is 0 Å². The van der Waals surface area contributed by atoms with Gasteiger partial charge in [0.25, 0.3) is 0 Å². The van der Waals surface area contributed by atoms with Gasteiger partial charge in [0.2, 0.25) is 0 Å². The first-order valence-electron chi connectivity index (χ1n) is 5.74. The lowest BCUT2D eigenvalue weighted by Crippen LogP contribution is -2.30. The second-order valence-corrected chi connectivity index (χ2v) is 5.78. The molecule has 0 bridgehead atoms. The maximum absolute atomic E-state index is 11.8. The molecule has 10 heteroatoms. The van der Waals surface area contributed by atoms with Crippen molar-refractivity contribution in [2.45, 2.75) is 11.2 Å². The molecule has 2 rings (SSSR count). The van der Waals surface area contributed by atoms with Crippen LogP contribution in [0.15, 0.2) is 22.8 Å². The number of carbonyl (C=O) groups excluding carboxylic acids is 1. The van der Waals surface area contributed by atoms with Gasteiger partial charge in [0.15, 0.2) is 6.61 Å². The van der Waals surface area contributed by atoms with Crippen molar-refractivity contribution < 1.29 is 22.7 Å². The molecule has 0 atom stereocenters. The molecule has 2 aromatic heterocycles. The third-order valence-electron chi connectivity index (χ3n) is 2.19. The summed E-state index contributed by atoms with van der Waals surface area (Å²) in [4.78, 5) is 19.2. The molecular formula is C11H10F3N3O2S2. The Morgan fingerprint density at radius 1 is 1.43 bits per heavy atom. The summed E-state index contributed by atoms with van der Waals surface area (Å²) in [6.07, 6.45) is -4.16. The maximum atomic E-state index is 11.8. The quantitative estimate of drug-likeness (QED) is 0.516. The number of ether oxygens (including phenoxy) is 1. The topological polar surface area (TPSA) is 64.1 Å². The summed E-state index contributed by atoms with van der Waals surface area (Å²) < 4.78 is 40.4. The van der Waals surface area contributed by atoms with Crippen LogP contribution in [0.3, 0.4) is 0 Å². The van der Waals surface area contributed by atoms with E-state index in [1.807, 2.05) is 11.4 Å². The van der Waals surface area contributed by atoms with E-state index in [1.54, 1.807) is 0 Å². The number of thiophene rings is 1. The number of fused-ring (bicyclic) bond motifs is 1. The number of amides is 1. The summed E-state index contributed by atoms with van der Waals surface area (Å²) in [6.45, 7) is -1.41. The molecule has 0 saturated heterocycles. The lowest BCUT2D eigenvalue weighted by Gasteiger charge is -2.08. The summed E-state index contributed by atoms with van der Waals surface area (Å²) in [7, 11) is 0. The smallest absolute Gasteiger partial charge is 0.422 e. The number of halogens is 3. The molecule has 0 saturated carbocycles. The summed E-state index contributed by atoms with van der Waals surface area (Å²) >= 11 is 2.89. The summed E-state index contributed by atoms with van der Waals surface area (Å²) in [5, 5.41) is 4.92. The molecule has 0 aliphatic heterocycles. The Balaban J connectivity index is 1.72. The molecule has 21 heavy (non-hydrogen) atoms. The van der Waals surface area contributed by atoms with Gasteiger partial charge in [-0.1, -0.05) is 0 Å². The Morgan fingerprint density at radius 3 is 3.00 bits per heavy atom. The van der Waals surface area contributed by atoms with Crippen molar-refractivity contribution in [3.05, 3.63) is 17.8 Å². The molecule has 1 amide bonds. The summed E-state index contributed by atoms with van der Waals surface area (Å²) in [5.74, 6) is 0.463. The van der Waals surface area contributed by atoms with Crippen molar-refractivity contribution in [3.8, 4) is 0 Å². The van der Waals surface area contributed by atoms with Gasteiger partial charge in [-0.15, -0.1) is 23.1 Å². The highest BCUT2D eigenvalue weighted by Crippen LogP contribution is 2.28. The van der Waals surface area contributed by atoms with Crippen LogP contribution in [0.4, 0.5) is 18.0 Å². The number of rotatable bonds is 5. The summed E-state index contributed by atoms with van der Waals surface area (Å²) in [5.41, 5.74) is 0.843. The van der Waals surface area contributed by atoms with Gasteiger partial charge >= 0.3 is 12.3 Å². The number of hydrogen-bond donors (Lipinski definition) is 1. The zero-order chi connectivity index (χ0) is 15.3. The normalized spacial score (nSPS) is 11.6. The predicted molar refractivity (Wildman–Crippen MR) is 73.5 cm³/mol. The molecule has 0 aromatic carbocycles. The van der Waals surface area contributed by atoms with Gasteiger partial charge < -0.3 is 10.1 Å². The average Bonchev–Trinajstić information content (AvgIpc) is 2.89. The number of alkyl carbamates (subject to hydrolysis) is 1. The van der Waals surface area contributed by atoms with Crippen LogP contribution >= 0.6 is 23.1 Å². The van der Waals surface area contributed by atoms with E-state index in [-0.39, 0.29) is 6.54 Å². The van der Waals surface area contributed by atoms with Crippen LogP contribution in [-0.2, 0) is 4.74 Å². The molecule has 2 aromatic rings. The van der Waals surface area contributed by atoms with Crippen molar-refractivity contribution in [2.24, 2.45) is 0 Å². The van der Waals surface area contributed by atoms with E-state index in [0.717, 1.165) is 15.2 Å². The predicted octanol–water partition coefficient (Wildman–Crippen LogP) is 3.07. The lowest BCUT2D eigenvalue weighted by molar-refractivity contribution is -0.160. The zero-order valence-electron chi connectivity index (χ0n) is 10.5. The van der Waals surface area contributed by atoms with Crippen molar-refractivity contribution >= 4 is 39.4 Å². The standard InChI is InChI=1S/C11H10F3N3O2S2/c12-11(13,14)5-19-10(18)15-2-4-21-9-8-7(1-3-20-8)16-6-17-9/h1,3,6H,2,4-5H2,(H,15,18). The third-order valence-corrected chi connectivity index (χ3v) is 4.22. The third kappa shape index (κ3) is 5.05. The number of thioether (sulfide) groups is 1. The van der Waals surface area contributed by atoms with Crippen molar-refractivity contribution in [3.63, 3.8) is 0 Å². The van der Waals surface area contributed by atoms with Gasteiger partial charge in [0.05, 0.1) is 10.2 Å². The van der Waals surface area contributed by atoms with E-state index < -0.39 is 18.9 Å². The average molecular weight is 337 g/mol. The molecular weight excluding hydrogens is 327 g/mol. The van der Waals surface area contributed by atoms with Gasteiger partial charge in [0.1, 0.15) is 11.4 Å². The highest BCUT2D eigenvalue weighted by molar-refractivity contribution is 7.99. The van der Waals surface area contributed by atoms with E-state index in [2.05, 4.69) is 20.0 Å². The number of aromatic nitrogens is 2. The van der Waals surface area contributed by atoms with Crippen LogP contribution in [-0.4, -0.2) is 41.1 Å². The van der Waals surface area contributed by atoms with Gasteiger partial charge in [-0.25, -0.2) is 14.8 Å². The largest absolute Gasteiger partial charge is 0.440 e. The number of nitrogens with zero attached hydrogens (tertiary/aromatic N) is 2. The number of alkyl halides is 3. The minimum absolute atomic E-state index is 0.179. The number of nitrogens with one attached hydrogen (secondary N) is 1. The minimum atomic E-state index is -4.52. The van der Waals surface area contributed by atoms with Gasteiger partial charge in [-0.05, 0) is 11.4 Å². The number of carbonyl (C=O) groups is 1. The minimum Gasteiger partial charge on any atom is -0.440 e.